The molecule has 4 nitrogen and oxygen atoms in total. The molecule has 0 saturated carbocycles. The van der Waals surface area contributed by atoms with E-state index in [4.69, 9.17) is 11.6 Å². The molecule has 5 heteroatoms. The molecule has 0 atom stereocenters. The molecule has 47 valence electrons. The highest BCUT2D eigenvalue weighted by Gasteiger charge is 2.19. The molecule has 1 radical (unpaired) electrons. The fourth-order valence-corrected chi connectivity index (χ4v) is 0.281. The van der Waals surface area contributed by atoms with Gasteiger partial charge in [0, 0.05) is 11.6 Å². The molecule has 0 bridgehead atoms. The maximum absolute atomic E-state index is 9.60. The summed E-state index contributed by atoms with van der Waals surface area (Å²) in [6.45, 7) is 1.84. The van der Waals surface area contributed by atoms with Crippen LogP contribution < -0.4 is 0 Å². The lowest BCUT2D eigenvalue weighted by molar-refractivity contribution is -0.490. The molecule has 0 saturated heterocycles. The quantitative estimate of drug-likeness (QED) is 0.332. The lowest BCUT2D eigenvalue weighted by Gasteiger charge is -1.93. The molecule has 0 heterocycles. The number of hydrogen-bond acceptors (Lipinski definition) is 3. The first-order chi connectivity index (χ1) is 3.68. The Bertz CT molecular complexity index is 86.6. The Morgan fingerprint density at radius 1 is 2.00 bits per heavy atom. The summed E-state index contributed by atoms with van der Waals surface area (Å²) >= 11 is 4.91. The van der Waals surface area contributed by atoms with Gasteiger partial charge in [-0.1, -0.05) is 0 Å². The van der Waals surface area contributed by atoms with Crippen LogP contribution in [0.2, 0.25) is 0 Å². The smallest absolute Gasteiger partial charge is 0.293 e. The Labute approximate surface area is 51.5 Å². The minimum Gasteiger partial charge on any atom is -0.293 e. The predicted molar refractivity (Wildman–Crippen MR) is 27.7 cm³/mol. The van der Waals surface area contributed by atoms with Gasteiger partial charge < -0.3 is 0 Å². The zero-order valence-electron chi connectivity index (χ0n) is 4.26. The van der Waals surface area contributed by atoms with E-state index in [1.807, 2.05) is 0 Å². The van der Waals surface area contributed by atoms with Crippen molar-refractivity contribution >= 4 is 11.6 Å². The molecule has 0 fully saturated rings. The summed E-state index contributed by atoms with van der Waals surface area (Å²) in [5, 5.41) is 9.60. The van der Waals surface area contributed by atoms with Gasteiger partial charge in [0.05, 0.1) is 11.5 Å². The summed E-state index contributed by atoms with van der Waals surface area (Å²) in [5.41, 5.74) is -0.674. The lowest BCUT2D eigenvalue weighted by atomic mass is 10.9. The molecule has 0 aliphatic heterocycles. The van der Waals surface area contributed by atoms with Gasteiger partial charge in [-0.05, 0) is 6.92 Å². The second kappa shape index (κ2) is 3.63. The molecule has 0 aromatic rings. The Morgan fingerprint density at radius 2 is 2.50 bits per heavy atom. The van der Waals surface area contributed by atoms with Crippen LogP contribution in [0.25, 0.3) is 0 Å². The molecule has 0 spiro atoms. The normalized spacial score (nSPS) is 9.88. The Hall–Kier alpha value is -0.350. The van der Waals surface area contributed by atoms with Crippen molar-refractivity contribution < 1.29 is 9.66 Å². The van der Waals surface area contributed by atoms with E-state index in [0.717, 1.165) is 0 Å². The van der Waals surface area contributed by atoms with E-state index >= 15 is 0 Å². The van der Waals surface area contributed by atoms with Crippen LogP contribution >= 0.6 is 11.6 Å². The number of ether oxygens (including phenoxy) is 1. The summed E-state index contributed by atoms with van der Waals surface area (Å²) < 4.78 is 4.29. The summed E-state index contributed by atoms with van der Waals surface area (Å²) in [6.07, 6.45) is 0. The third-order valence-corrected chi connectivity index (χ3v) is 0.654. The van der Waals surface area contributed by atoms with Crippen molar-refractivity contribution in [3.63, 3.8) is 0 Å². The molecule has 0 aromatic carbocycles. The van der Waals surface area contributed by atoms with Gasteiger partial charge in [-0.2, -0.15) is 0 Å². The fourth-order valence-electron chi connectivity index (χ4n) is 0.172. The van der Waals surface area contributed by atoms with Crippen LogP contribution in [0.1, 0.15) is 6.92 Å². The molecule has 0 N–H and O–H groups in total. The number of halogens is 1. The van der Waals surface area contributed by atoms with Gasteiger partial charge >= 0.3 is 5.69 Å². The molecule has 0 unspecified atom stereocenters. The van der Waals surface area contributed by atoms with E-state index in [1.165, 1.54) is 0 Å². The van der Waals surface area contributed by atoms with Gasteiger partial charge in [0.25, 0.3) is 0 Å². The Morgan fingerprint density at radius 3 is 2.62 bits per heavy atom. The molecule has 0 rings (SSSR count). The zero-order valence-corrected chi connectivity index (χ0v) is 5.01. The second-order valence-electron chi connectivity index (χ2n) is 0.943. The standard InChI is InChI=1S/C3H5ClNO3/c1-2-8-3(4)5(6)7/h2H2,1H3. The topological polar surface area (TPSA) is 52.4 Å². The molecule has 0 aliphatic carbocycles. The summed E-state index contributed by atoms with van der Waals surface area (Å²) in [4.78, 5) is 8.81. The minimum atomic E-state index is -0.787. The molecule has 0 amide bonds. The highest BCUT2D eigenvalue weighted by atomic mass is 35.5. The molecule has 0 aliphatic rings. The Kier molecular flexibility index (Phi) is 3.47. The predicted octanol–water partition coefficient (Wildman–Crippen LogP) is 0.985. The highest BCUT2D eigenvalue weighted by Crippen LogP contribution is 2.06. The van der Waals surface area contributed by atoms with Crippen molar-refractivity contribution in [1.29, 1.82) is 0 Å². The first-order valence-electron chi connectivity index (χ1n) is 1.98. The van der Waals surface area contributed by atoms with Crippen molar-refractivity contribution in [3.8, 4) is 0 Å². The number of rotatable bonds is 3. The maximum Gasteiger partial charge on any atom is 0.518 e. The van der Waals surface area contributed by atoms with Gasteiger partial charge in [-0.25, -0.2) is 0 Å². The van der Waals surface area contributed by atoms with Crippen LogP contribution in [0.3, 0.4) is 0 Å². The number of hydrogen-bond donors (Lipinski definition) is 0. The van der Waals surface area contributed by atoms with Crippen LogP contribution in [0, 0.1) is 15.8 Å². The fraction of sp³-hybridized carbons (Fsp3) is 0.667. The Balaban J connectivity index is 3.32. The van der Waals surface area contributed by atoms with Crippen LogP contribution in [0.4, 0.5) is 0 Å². The zero-order chi connectivity index (χ0) is 6.57. The molecule has 8 heavy (non-hydrogen) atoms. The van der Waals surface area contributed by atoms with Crippen molar-refractivity contribution in [1.82, 2.24) is 0 Å². The monoisotopic (exact) mass is 138 g/mol. The SMILES string of the molecule is CCO[C](Cl)[N+](=O)[O-]. The van der Waals surface area contributed by atoms with Crippen LogP contribution in [0.15, 0.2) is 0 Å². The van der Waals surface area contributed by atoms with E-state index in [1.54, 1.807) is 6.92 Å². The van der Waals surface area contributed by atoms with E-state index in [9.17, 15) is 10.1 Å². The van der Waals surface area contributed by atoms with Crippen molar-refractivity contribution in [2.45, 2.75) is 6.92 Å². The highest BCUT2D eigenvalue weighted by molar-refractivity contribution is 6.24. The van der Waals surface area contributed by atoms with Crippen molar-refractivity contribution in [3.05, 3.63) is 15.8 Å². The number of nitro groups is 1. The average molecular weight is 139 g/mol. The molecular formula is C3H5ClNO3. The summed E-state index contributed by atoms with van der Waals surface area (Å²) in [7, 11) is 0. The van der Waals surface area contributed by atoms with Gasteiger partial charge in [0.1, 0.15) is 0 Å². The maximum atomic E-state index is 9.60. The van der Waals surface area contributed by atoms with Crippen LogP contribution in [0.5, 0.6) is 0 Å². The van der Waals surface area contributed by atoms with Gasteiger partial charge in [-0.15, -0.1) is 0 Å². The first-order valence-corrected chi connectivity index (χ1v) is 2.36. The molecule has 0 aromatic heterocycles. The lowest BCUT2D eigenvalue weighted by Crippen LogP contribution is -2.06. The van der Waals surface area contributed by atoms with Gasteiger partial charge in [0.2, 0.25) is 0 Å². The van der Waals surface area contributed by atoms with Crippen molar-refractivity contribution in [2.24, 2.45) is 0 Å². The van der Waals surface area contributed by atoms with E-state index < -0.39 is 10.6 Å². The van der Waals surface area contributed by atoms with Gasteiger partial charge in [0.15, 0.2) is 0 Å². The summed E-state index contributed by atoms with van der Waals surface area (Å²) in [5.74, 6) is 0. The van der Waals surface area contributed by atoms with E-state index in [2.05, 4.69) is 4.74 Å². The van der Waals surface area contributed by atoms with Crippen molar-refractivity contribution in [2.75, 3.05) is 6.61 Å². The average Bonchev–Trinajstić information content (AvgIpc) is 1.67. The van der Waals surface area contributed by atoms with Crippen LogP contribution in [-0.4, -0.2) is 11.5 Å². The minimum absolute atomic E-state index is 0.222. The number of nitrogens with zero attached hydrogens (tertiary/aromatic N) is 1. The first kappa shape index (κ1) is 7.65. The van der Waals surface area contributed by atoms with Gasteiger partial charge in [-0.3, -0.25) is 14.9 Å². The third-order valence-electron chi connectivity index (χ3n) is 0.407. The van der Waals surface area contributed by atoms with Crippen LogP contribution in [-0.2, 0) is 4.74 Å². The third kappa shape index (κ3) is 2.76. The summed E-state index contributed by atoms with van der Waals surface area (Å²) in [6, 6.07) is 0. The second-order valence-corrected chi connectivity index (χ2v) is 1.27. The molecular weight excluding hydrogens is 133 g/mol. The van der Waals surface area contributed by atoms with E-state index in [0.29, 0.717) is 0 Å². The largest absolute Gasteiger partial charge is 0.518 e. The van der Waals surface area contributed by atoms with E-state index in [-0.39, 0.29) is 6.61 Å².